The van der Waals surface area contributed by atoms with Crippen LogP contribution < -0.4 is 5.32 Å². The summed E-state index contributed by atoms with van der Waals surface area (Å²) >= 11 is 0. The number of nitrogens with zero attached hydrogens (tertiary/aromatic N) is 4. The molecule has 0 saturated heterocycles. The fraction of sp³-hybridized carbons (Fsp3) is 0.214. The Labute approximate surface area is 111 Å². The predicted octanol–water partition coefficient (Wildman–Crippen LogP) is 1.65. The van der Waals surface area contributed by atoms with Crippen molar-refractivity contribution in [3.8, 4) is 0 Å². The standard InChI is InChI=1S/C14H15N5/c1-19-10-17-14(18-19)9-16-7-11-2-3-13-8-15-5-4-12(13)6-11/h2-6,8,10,16H,7,9H2,1H3. The van der Waals surface area contributed by atoms with Crippen LogP contribution in [0.1, 0.15) is 11.4 Å². The van der Waals surface area contributed by atoms with Gasteiger partial charge in [0.25, 0.3) is 0 Å². The molecule has 5 nitrogen and oxygen atoms in total. The third kappa shape index (κ3) is 2.77. The SMILES string of the molecule is Cn1cnc(CNCc2ccc3cnccc3c2)n1. The van der Waals surface area contributed by atoms with Crippen LogP contribution in [0.3, 0.4) is 0 Å². The smallest absolute Gasteiger partial charge is 0.164 e. The van der Waals surface area contributed by atoms with Crippen LogP contribution in [0.15, 0.2) is 43.0 Å². The molecule has 0 bridgehead atoms. The summed E-state index contributed by atoms with van der Waals surface area (Å²) in [4.78, 5) is 8.29. The van der Waals surface area contributed by atoms with Gasteiger partial charge in [-0.15, -0.1) is 0 Å². The Morgan fingerprint density at radius 1 is 1.16 bits per heavy atom. The molecule has 96 valence electrons. The molecule has 0 amide bonds. The van der Waals surface area contributed by atoms with Crippen molar-refractivity contribution < 1.29 is 0 Å². The second kappa shape index (κ2) is 5.16. The molecule has 0 spiro atoms. The molecule has 0 atom stereocenters. The van der Waals surface area contributed by atoms with Gasteiger partial charge in [0.15, 0.2) is 5.82 Å². The molecule has 0 aliphatic heterocycles. The lowest BCUT2D eigenvalue weighted by Gasteiger charge is -2.04. The number of fused-ring (bicyclic) bond motifs is 1. The fourth-order valence-electron chi connectivity index (χ4n) is 2.03. The quantitative estimate of drug-likeness (QED) is 0.768. The first-order valence-corrected chi connectivity index (χ1v) is 6.19. The molecule has 0 unspecified atom stereocenters. The number of hydrogen-bond donors (Lipinski definition) is 1. The van der Waals surface area contributed by atoms with Gasteiger partial charge in [0.2, 0.25) is 0 Å². The van der Waals surface area contributed by atoms with E-state index in [0.717, 1.165) is 17.8 Å². The zero-order valence-electron chi connectivity index (χ0n) is 10.7. The summed E-state index contributed by atoms with van der Waals surface area (Å²) in [5.74, 6) is 0.812. The summed E-state index contributed by atoms with van der Waals surface area (Å²) in [6, 6.07) is 8.41. The number of pyridine rings is 1. The van der Waals surface area contributed by atoms with Gasteiger partial charge in [-0.1, -0.05) is 12.1 Å². The molecule has 2 heterocycles. The van der Waals surface area contributed by atoms with Crippen LogP contribution in [0, 0.1) is 0 Å². The average molecular weight is 253 g/mol. The predicted molar refractivity (Wildman–Crippen MR) is 73.3 cm³/mol. The van der Waals surface area contributed by atoms with Crippen molar-refractivity contribution in [2.24, 2.45) is 7.05 Å². The van der Waals surface area contributed by atoms with E-state index < -0.39 is 0 Å². The van der Waals surface area contributed by atoms with Gasteiger partial charge in [-0.25, -0.2) is 4.98 Å². The number of hydrogen-bond acceptors (Lipinski definition) is 4. The minimum absolute atomic E-state index is 0.676. The van der Waals surface area contributed by atoms with E-state index in [2.05, 4.69) is 38.6 Å². The van der Waals surface area contributed by atoms with E-state index in [0.29, 0.717) is 6.54 Å². The molecule has 1 aromatic carbocycles. The van der Waals surface area contributed by atoms with E-state index in [1.165, 1.54) is 10.9 Å². The van der Waals surface area contributed by atoms with Gasteiger partial charge in [-0.2, -0.15) is 5.10 Å². The van der Waals surface area contributed by atoms with Crippen LogP contribution in [-0.4, -0.2) is 19.7 Å². The number of benzene rings is 1. The number of aryl methyl sites for hydroxylation is 1. The van der Waals surface area contributed by atoms with Gasteiger partial charge in [-0.05, 0) is 23.1 Å². The highest BCUT2D eigenvalue weighted by Crippen LogP contribution is 2.14. The third-order valence-electron chi connectivity index (χ3n) is 2.96. The van der Waals surface area contributed by atoms with Crippen molar-refractivity contribution in [2.45, 2.75) is 13.1 Å². The van der Waals surface area contributed by atoms with Gasteiger partial charge in [0.1, 0.15) is 6.33 Å². The lowest BCUT2D eigenvalue weighted by atomic mass is 10.1. The maximum absolute atomic E-state index is 4.23. The summed E-state index contributed by atoms with van der Waals surface area (Å²) in [5, 5.41) is 9.95. The summed E-state index contributed by atoms with van der Waals surface area (Å²) in [5.41, 5.74) is 1.25. The number of aromatic nitrogens is 4. The average Bonchev–Trinajstić information content (AvgIpc) is 2.84. The normalized spacial score (nSPS) is 11.0. The molecule has 3 rings (SSSR count). The molecule has 1 N–H and O–H groups in total. The Kier molecular flexibility index (Phi) is 3.20. The molecular weight excluding hydrogens is 238 g/mol. The first kappa shape index (κ1) is 11.8. The second-order valence-corrected chi connectivity index (χ2v) is 4.50. The molecule has 0 aliphatic carbocycles. The van der Waals surface area contributed by atoms with Crippen LogP contribution >= 0.6 is 0 Å². The van der Waals surface area contributed by atoms with Crippen molar-refractivity contribution >= 4 is 10.8 Å². The van der Waals surface area contributed by atoms with E-state index in [9.17, 15) is 0 Å². The molecular formula is C14H15N5. The van der Waals surface area contributed by atoms with Crippen molar-refractivity contribution in [1.29, 1.82) is 0 Å². The Balaban J connectivity index is 1.65. The van der Waals surface area contributed by atoms with E-state index >= 15 is 0 Å². The first-order valence-electron chi connectivity index (χ1n) is 6.19. The maximum atomic E-state index is 4.23. The van der Waals surface area contributed by atoms with Crippen LogP contribution in [-0.2, 0) is 20.1 Å². The van der Waals surface area contributed by atoms with E-state index in [1.807, 2.05) is 25.5 Å². The lowest BCUT2D eigenvalue weighted by Crippen LogP contribution is -2.14. The Morgan fingerprint density at radius 2 is 2.11 bits per heavy atom. The molecule has 19 heavy (non-hydrogen) atoms. The molecule has 0 fully saturated rings. The van der Waals surface area contributed by atoms with Crippen molar-refractivity contribution in [1.82, 2.24) is 25.1 Å². The van der Waals surface area contributed by atoms with Crippen molar-refractivity contribution in [3.63, 3.8) is 0 Å². The van der Waals surface area contributed by atoms with Crippen LogP contribution in [0.5, 0.6) is 0 Å². The van der Waals surface area contributed by atoms with E-state index in [4.69, 9.17) is 0 Å². The van der Waals surface area contributed by atoms with E-state index in [-0.39, 0.29) is 0 Å². The largest absolute Gasteiger partial charge is 0.306 e. The zero-order chi connectivity index (χ0) is 13.1. The molecule has 0 saturated carbocycles. The highest BCUT2D eigenvalue weighted by molar-refractivity contribution is 5.81. The summed E-state index contributed by atoms with van der Waals surface area (Å²) < 4.78 is 1.71. The second-order valence-electron chi connectivity index (χ2n) is 4.50. The molecule has 5 heteroatoms. The highest BCUT2D eigenvalue weighted by Gasteiger charge is 1.99. The topological polar surface area (TPSA) is 55.6 Å². The van der Waals surface area contributed by atoms with E-state index in [1.54, 1.807) is 11.0 Å². The van der Waals surface area contributed by atoms with Crippen LogP contribution in [0.2, 0.25) is 0 Å². The highest BCUT2D eigenvalue weighted by atomic mass is 15.3. The van der Waals surface area contributed by atoms with Gasteiger partial charge < -0.3 is 5.32 Å². The zero-order valence-corrected chi connectivity index (χ0v) is 10.7. The minimum atomic E-state index is 0.676. The van der Waals surface area contributed by atoms with Crippen LogP contribution in [0.4, 0.5) is 0 Å². The summed E-state index contributed by atoms with van der Waals surface area (Å²) in [6.07, 6.45) is 5.40. The first-order chi connectivity index (χ1) is 9.31. The Bertz CT molecular complexity index is 689. The minimum Gasteiger partial charge on any atom is -0.306 e. The lowest BCUT2D eigenvalue weighted by molar-refractivity contribution is 0.649. The van der Waals surface area contributed by atoms with Gasteiger partial charge in [0.05, 0.1) is 6.54 Å². The van der Waals surface area contributed by atoms with Gasteiger partial charge in [0, 0.05) is 31.4 Å². The molecule has 3 aromatic rings. The third-order valence-corrected chi connectivity index (χ3v) is 2.96. The molecule has 2 aromatic heterocycles. The fourth-order valence-corrected chi connectivity index (χ4v) is 2.03. The van der Waals surface area contributed by atoms with Gasteiger partial charge in [-0.3, -0.25) is 9.67 Å². The van der Waals surface area contributed by atoms with Crippen molar-refractivity contribution in [2.75, 3.05) is 0 Å². The Morgan fingerprint density at radius 3 is 2.95 bits per heavy atom. The monoisotopic (exact) mass is 253 g/mol. The molecule has 0 aliphatic rings. The van der Waals surface area contributed by atoms with Crippen molar-refractivity contribution in [3.05, 3.63) is 54.4 Å². The van der Waals surface area contributed by atoms with Crippen LogP contribution in [0.25, 0.3) is 10.8 Å². The summed E-state index contributed by atoms with van der Waals surface area (Å²) in [6.45, 7) is 1.48. The maximum Gasteiger partial charge on any atom is 0.164 e. The summed E-state index contributed by atoms with van der Waals surface area (Å²) in [7, 11) is 1.87. The molecule has 0 radical (unpaired) electrons. The number of nitrogens with one attached hydrogen (secondary N) is 1. The Hall–Kier alpha value is -2.27. The number of rotatable bonds is 4. The van der Waals surface area contributed by atoms with Gasteiger partial charge >= 0.3 is 0 Å².